The Morgan fingerprint density at radius 1 is 0.523 bits per heavy atom. The molecule has 6 nitrogen and oxygen atoms in total. The highest BCUT2D eigenvalue weighted by Crippen LogP contribution is 2.40. The van der Waals surface area contributed by atoms with Gasteiger partial charge in [0.1, 0.15) is 11.2 Å². The molecule has 0 spiro atoms. The number of allylic oxidation sites excluding steroid dienone is 4. The van der Waals surface area contributed by atoms with E-state index in [1.807, 2.05) is 85.8 Å². The molecule has 0 atom stereocenters. The van der Waals surface area contributed by atoms with Crippen LogP contribution >= 0.6 is 0 Å². The molecule has 3 heterocycles. The molecule has 0 fully saturated rings. The first-order valence-electron chi connectivity index (χ1n) is 21.4. The summed E-state index contributed by atoms with van der Waals surface area (Å²) in [6.45, 7) is 2.02. The van der Waals surface area contributed by atoms with Gasteiger partial charge in [0, 0.05) is 43.9 Å². The van der Waals surface area contributed by atoms with E-state index in [1.165, 1.54) is 11.1 Å². The molecule has 6 heteroatoms. The van der Waals surface area contributed by atoms with Crippen molar-refractivity contribution >= 4 is 49.4 Å². The van der Waals surface area contributed by atoms with Crippen LogP contribution in [-0.4, -0.2) is 19.5 Å². The quantitative estimate of drug-likeness (QED) is 0.113. The highest BCUT2D eigenvalue weighted by atomic mass is 16.3. The number of para-hydroxylation sites is 1. The Kier molecular flexibility index (Phi) is 9.73. The molecule has 0 radical (unpaired) electrons. The van der Waals surface area contributed by atoms with Gasteiger partial charge in [-0.15, -0.1) is 6.42 Å². The van der Waals surface area contributed by atoms with Crippen LogP contribution in [0.25, 0.3) is 117 Å². The molecule has 0 aliphatic heterocycles. The van der Waals surface area contributed by atoms with Crippen LogP contribution in [0.1, 0.15) is 12.5 Å². The summed E-state index contributed by atoms with van der Waals surface area (Å²) in [4.78, 5) is 15.4. The summed E-state index contributed by atoms with van der Waals surface area (Å²) >= 11 is 0. The van der Waals surface area contributed by atoms with Gasteiger partial charge in [-0.1, -0.05) is 139 Å². The normalized spacial score (nSPS) is 11.8. The van der Waals surface area contributed by atoms with Gasteiger partial charge in [0.05, 0.1) is 22.7 Å². The minimum atomic E-state index is 0.521. The minimum Gasteiger partial charge on any atom is -0.456 e. The van der Waals surface area contributed by atoms with Crippen molar-refractivity contribution in [3.8, 4) is 86.0 Å². The van der Waals surface area contributed by atoms with Crippen LogP contribution in [0.4, 0.5) is 0 Å². The fourth-order valence-electron chi connectivity index (χ4n) is 8.85. The van der Waals surface area contributed by atoms with Gasteiger partial charge < -0.3 is 8.98 Å². The van der Waals surface area contributed by atoms with Gasteiger partial charge in [0.25, 0.3) is 0 Å². The summed E-state index contributed by atoms with van der Waals surface area (Å²) in [6, 6.07) is 64.3. The first-order valence-corrected chi connectivity index (χ1v) is 21.4. The molecule has 65 heavy (non-hydrogen) atoms. The maximum Gasteiger partial charge on any atom is 0.164 e. The van der Waals surface area contributed by atoms with Crippen molar-refractivity contribution in [2.24, 2.45) is 0 Å². The number of fused-ring (bicyclic) bond motifs is 6. The van der Waals surface area contributed by atoms with E-state index in [0.717, 1.165) is 88.4 Å². The van der Waals surface area contributed by atoms with Crippen LogP contribution in [0.5, 0.6) is 0 Å². The maximum absolute atomic E-state index is 9.53. The number of hydrogen-bond donors (Lipinski definition) is 0. The van der Waals surface area contributed by atoms with Crippen molar-refractivity contribution < 1.29 is 4.42 Å². The first kappa shape index (κ1) is 38.8. The SMILES string of the molecule is C#C/C=C\C(=C/C)n1c2ccccc2c2cc(-c3nc(-c4ccc(-c5cccc(C#N)c5)cc4)nc(-c4ccc5c(c4)oc4cccc(-c6ccc(-c7ccccc7)cc6)c45)n3)ccc21. The number of nitrogens with zero attached hydrogens (tertiary/aromatic N) is 5. The van der Waals surface area contributed by atoms with Crippen molar-refractivity contribution in [2.75, 3.05) is 0 Å². The molecule has 0 aliphatic carbocycles. The van der Waals surface area contributed by atoms with Crippen molar-refractivity contribution in [3.63, 3.8) is 0 Å². The first-order chi connectivity index (χ1) is 32.1. The van der Waals surface area contributed by atoms with E-state index in [-0.39, 0.29) is 0 Å². The zero-order valence-corrected chi connectivity index (χ0v) is 35.3. The van der Waals surface area contributed by atoms with Crippen LogP contribution in [0, 0.1) is 23.7 Å². The Labute approximate surface area is 375 Å². The highest BCUT2D eigenvalue weighted by molar-refractivity contribution is 6.13. The van der Waals surface area contributed by atoms with Gasteiger partial charge in [0.2, 0.25) is 0 Å². The van der Waals surface area contributed by atoms with Crippen molar-refractivity contribution in [1.29, 1.82) is 5.26 Å². The standard InChI is InChI=1S/C59H37N5O/c1-3-5-17-47(4-2)64-52-20-10-9-18-49(52)51-35-45(31-33-53(51)64)58-61-57(43-28-24-41(25-29-43)44-16-11-13-38(34-44)37-60)62-59(63-58)46-30-32-50-55(36-46)65-54-21-12-19-48(56(50)54)42-26-22-40(23-27-42)39-14-7-6-8-15-39/h1,4-36H,2H3/b17-5-,47-4+. The number of terminal acetylenes is 1. The zero-order chi connectivity index (χ0) is 43.9. The summed E-state index contributed by atoms with van der Waals surface area (Å²) in [5.74, 6) is 4.23. The average molecular weight is 832 g/mol. The van der Waals surface area contributed by atoms with Crippen molar-refractivity contribution in [1.82, 2.24) is 19.5 Å². The van der Waals surface area contributed by atoms with Gasteiger partial charge in [-0.25, -0.2) is 15.0 Å². The van der Waals surface area contributed by atoms with E-state index in [4.69, 9.17) is 25.8 Å². The Hall–Kier alpha value is -9.10. The lowest BCUT2D eigenvalue weighted by Crippen LogP contribution is -2.00. The second kappa shape index (κ2) is 16.3. The van der Waals surface area contributed by atoms with E-state index in [9.17, 15) is 5.26 Å². The Balaban J connectivity index is 1.04. The lowest BCUT2D eigenvalue weighted by Gasteiger charge is -2.10. The van der Waals surface area contributed by atoms with Crippen molar-refractivity contribution in [3.05, 3.63) is 206 Å². The third-order valence-electron chi connectivity index (χ3n) is 12.0. The van der Waals surface area contributed by atoms with E-state index in [2.05, 4.69) is 132 Å². The van der Waals surface area contributed by atoms with Crippen LogP contribution in [0.3, 0.4) is 0 Å². The maximum atomic E-state index is 9.53. The molecule has 0 saturated heterocycles. The molecule has 304 valence electrons. The van der Waals surface area contributed by atoms with E-state index in [0.29, 0.717) is 23.0 Å². The molecule has 0 N–H and O–H groups in total. The third-order valence-corrected chi connectivity index (χ3v) is 12.0. The number of nitriles is 1. The molecule has 11 rings (SSSR count). The van der Waals surface area contributed by atoms with Crippen LogP contribution in [-0.2, 0) is 0 Å². The summed E-state index contributed by atoms with van der Waals surface area (Å²) in [7, 11) is 0. The Morgan fingerprint density at radius 2 is 1.12 bits per heavy atom. The van der Waals surface area contributed by atoms with E-state index >= 15 is 0 Å². The molecule has 0 unspecified atom stereocenters. The number of hydrogen-bond acceptors (Lipinski definition) is 5. The molecule has 0 bridgehead atoms. The molecule has 0 saturated carbocycles. The van der Waals surface area contributed by atoms with Gasteiger partial charge in [0.15, 0.2) is 17.5 Å². The molecular formula is C59H37N5O. The highest BCUT2D eigenvalue weighted by Gasteiger charge is 2.19. The molecule has 11 aromatic rings. The van der Waals surface area contributed by atoms with E-state index < -0.39 is 0 Å². The smallest absolute Gasteiger partial charge is 0.164 e. The largest absolute Gasteiger partial charge is 0.456 e. The summed E-state index contributed by atoms with van der Waals surface area (Å²) in [6.07, 6.45) is 11.4. The lowest BCUT2D eigenvalue weighted by atomic mass is 9.96. The molecule has 3 aromatic heterocycles. The van der Waals surface area contributed by atoms with Crippen molar-refractivity contribution in [2.45, 2.75) is 6.92 Å². The van der Waals surface area contributed by atoms with Gasteiger partial charge >= 0.3 is 0 Å². The fraction of sp³-hybridized carbons (Fsp3) is 0.0169. The summed E-state index contributed by atoms with van der Waals surface area (Å²) < 4.78 is 8.83. The van der Waals surface area contributed by atoms with Gasteiger partial charge in [-0.05, 0) is 107 Å². The molecular weight excluding hydrogens is 795 g/mol. The second-order valence-electron chi connectivity index (χ2n) is 15.8. The summed E-state index contributed by atoms with van der Waals surface area (Å²) in [5, 5.41) is 13.8. The molecule has 0 aliphatic rings. The predicted octanol–water partition coefficient (Wildman–Crippen LogP) is 14.8. The fourth-order valence-corrected chi connectivity index (χ4v) is 8.85. The third kappa shape index (κ3) is 7.02. The average Bonchev–Trinajstić information content (AvgIpc) is 3.92. The Morgan fingerprint density at radius 3 is 1.88 bits per heavy atom. The molecule has 0 amide bonds. The second-order valence-corrected chi connectivity index (χ2v) is 15.8. The van der Waals surface area contributed by atoms with Gasteiger partial charge in [-0.3, -0.25) is 0 Å². The number of aromatic nitrogens is 4. The van der Waals surface area contributed by atoms with Crippen LogP contribution < -0.4 is 0 Å². The Bertz CT molecular complexity index is 3780. The molecule has 8 aromatic carbocycles. The zero-order valence-electron chi connectivity index (χ0n) is 35.3. The van der Waals surface area contributed by atoms with Crippen LogP contribution in [0.2, 0.25) is 0 Å². The van der Waals surface area contributed by atoms with Gasteiger partial charge in [-0.2, -0.15) is 5.26 Å². The topological polar surface area (TPSA) is 80.5 Å². The van der Waals surface area contributed by atoms with Crippen LogP contribution in [0.15, 0.2) is 205 Å². The number of rotatable bonds is 8. The predicted molar refractivity (Wildman–Crippen MR) is 265 cm³/mol. The number of furan rings is 1. The van der Waals surface area contributed by atoms with E-state index in [1.54, 1.807) is 6.08 Å². The summed E-state index contributed by atoms with van der Waals surface area (Å²) in [5.41, 5.74) is 14.2. The minimum absolute atomic E-state index is 0.521. The lowest BCUT2D eigenvalue weighted by molar-refractivity contribution is 0.669. The number of benzene rings is 8. The monoisotopic (exact) mass is 831 g/mol.